The van der Waals surface area contributed by atoms with Gasteiger partial charge in [0, 0.05) is 19.9 Å². The predicted octanol–water partition coefficient (Wildman–Crippen LogP) is 8.80. The van der Waals surface area contributed by atoms with Crippen LogP contribution in [0.2, 0.25) is 50.4 Å². The van der Waals surface area contributed by atoms with Crippen LogP contribution in [0.25, 0.3) is 12.2 Å². The van der Waals surface area contributed by atoms with Crippen molar-refractivity contribution in [2.45, 2.75) is 76.0 Å². The first-order chi connectivity index (χ1) is 14.0. The van der Waals surface area contributed by atoms with Gasteiger partial charge in [0.1, 0.15) is 0 Å². The van der Waals surface area contributed by atoms with Crippen molar-refractivity contribution in [1.29, 1.82) is 0 Å². The van der Waals surface area contributed by atoms with E-state index in [0.717, 1.165) is 0 Å². The summed E-state index contributed by atoms with van der Waals surface area (Å²) in [5.74, 6) is 1.04. The van der Waals surface area contributed by atoms with Crippen LogP contribution in [0.5, 0.6) is 0 Å². The van der Waals surface area contributed by atoms with Gasteiger partial charge in [-0.3, -0.25) is 0 Å². The monoisotopic (exact) mass is 430 g/mol. The van der Waals surface area contributed by atoms with Crippen molar-refractivity contribution in [2.75, 3.05) is 0 Å². The molecule has 2 unspecified atom stereocenters. The van der Waals surface area contributed by atoms with Gasteiger partial charge in [0.05, 0.1) is 8.07 Å². The number of rotatable bonds is 5. The van der Waals surface area contributed by atoms with Crippen LogP contribution in [0.4, 0.5) is 0 Å². The summed E-state index contributed by atoms with van der Waals surface area (Å²) in [5.41, 5.74) is 9.21. The van der Waals surface area contributed by atoms with Gasteiger partial charge in [-0.2, -0.15) is 0 Å². The lowest BCUT2D eigenvalue weighted by Gasteiger charge is -2.56. The van der Waals surface area contributed by atoms with Gasteiger partial charge in [0.2, 0.25) is 0 Å². The highest BCUT2D eigenvalue weighted by molar-refractivity contribution is 6.84. The average Bonchev–Trinajstić information content (AvgIpc) is 3.13. The first kappa shape index (κ1) is 21.6. The van der Waals surface area contributed by atoms with Crippen molar-refractivity contribution < 1.29 is 0 Å². The molecule has 0 aromatic heterocycles. The molecule has 2 aliphatic rings. The second-order valence-corrected chi connectivity index (χ2v) is 22.8. The van der Waals surface area contributed by atoms with Gasteiger partial charge in [-0.25, -0.2) is 0 Å². The summed E-state index contributed by atoms with van der Waals surface area (Å²) in [7, 11) is -3.00. The van der Waals surface area contributed by atoms with Crippen LogP contribution in [0, 0.1) is 0 Å². The molecule has 0 saturated heterocycles. The molecule has 0 aliphatic heterocycles. The summed E-state index contributed by atoms with van der Waals surface area (Å²) >= 11 is 0. The summed E-state index contributed by atoms with van der Waals surface area (Å²) in [6.45, 7) is 20.5. The first-order valence-electron chi connectivity index (χ1n) is 11.5. The molecule has 2 aromatic rings. The second-order valence-electron chi connectivity index (χ2n) is 11.9. The summed E-state index contributed by atoms with van der Waals surface area (Å²) in [4.78, 5) is 0. The topological polar surface area (TPSA) is 0 Å². The van der Waals surface area contributed by atoms with E-state index in [0.29, 0.717) is 11.8 Å². The largest absolute Gasteiger partial charge is 0.0695 e. The third-order valence-electron chi connectivity index (χ3n) is 7.54. The van der Waals surface area contributed by atoms with Crippen LogP contribution in [-0.2, 0) is 0 Å². The van der Waals surface area contributed by atoms with E-state index in [9.17, 15) is 0 Å². The molecule has 0 radical (unpaired) electrons. The Bertz CT molecular complexity index is 960. The highest BCUT2D eigenvalue weighted by Gasteiger charge is 2.58. The molecule has 0 heterocycles. The highest BCUT2D eigenvalue weighted by atomic mass is 28.3. The number of hydrogen-bond acceptors (Lipinski definition) is 0. The van der Waals surface area contributed by atoms with Crippen LogP contribution >= 0.6 is 0 Å². The number of fused-ring (bicyclic) bond motifs is 2. The summed E-state index contributed by atoms with van der Waals surface area (Å²) in [6, 6.07) is 19.8. The van der Waals surface area contributed by atoms with Crippen LogP contribution in [0.3, 0.4) is 0 Å². The Hall–Kier alpha value is -1.65. The summed E-state index contributed by atoms with van der Waals surface area (Å²) in [5, 5.41) is 0.276. The van der Waals surface area contributed by atoms with E-state index >= 15 is 0 Å². The Labute approximate surface area is 186 Å². The standard InChI is InChI=1S/C28H38Si2/c1-20-17-22-13-9-11-15-24(22)26(20)28(30(6,7)8,19-29(3,4)5)27-21(2)18-23-14-10-12-16-25(23)27/h9-18,26-27H,19H2,1-8H3. The van der Waals surface area contributed by atoms with Crippen molar-refractivity contribution in [2.24, 2.45) is 0 Å². The number of benzene rings is 2. The third kappa shape index (κ3) is 3.33. The van der Waals surface area contributed by atoms with Gasteiger partial charge in [0.25, 0.3) is 0 Å². The number of allylic oxidation sites excluding steroid dienone is 2. The predicted molar refractivity (Wildman–Crippen MR) is 140 cm³/mol. The average molecular weight is 431 g/mol. The Morgan fingerprint density at radius 1 is 0.667 bits per heavy atom. The maximum absolute atomic E-state index is 2.65. The molecular formula is C28H38Si2. The van der Waals surface area contributed by atoms with E-state index in [1.807, 2.05) is 0 Å². The highest BCUT2D eigenvalue weighted by Crippen LogP contribution is 2.70. The van der Waals surface area contributed by atoms with Gasteiger partial charge in [0.15, 0.2) is 0 Å². The molecule has 158 valence electrons. The lowest BCUT2D eigenvalue weighted by molar-refractivity contribution is 0.452. The quantitative estimate of drug-likeness (QED) is 0.416. The van der Waals surface area contributed by atoms with Crippen molar-refractivity contribution in [3.63, 3.8) is 0 Å². The smallest absolute Gasteiger partial charge is 0.0525 e. The number of hydrogen-bond donors (Lipinski definition) is 0. The third-order valence-corrected chi connectivity index (χ3v) is 13.1. The maximum atomic E-state index is 2.65. The molecule has 0 nitrogen and oxygen atoms in total. The molecule has 0 fully saturated rings. The van der Waals surface area contributed by atoms with Gasteiger partial charge in [-0.05, 0) is 41.1 Å². The Kier molecular flexibility index (Phi) is 5.18. The first-order valence-corrected chi connectivity index (χ1v) is 18.7. The van der Waals surface area contributed by atoms with E-state index in [4.69, 9.17) is 0 Å². The minimum atomic E-state index is -1.64. The molecule has 4 rings (SSSR count). The summed E-state index contributed by atoms with van der Waals surface area (Å²) < 4.78 is 0. The molecule has 0 spiro atoms. The fourth-order valence-electron chi connectivity index (χ4n) is 6.71. The van der Waals surface area contributed by atoms with Gasteiger partial charge in [-0.15, -0.1) is 0 Å². The molecule has 2 heteroatoms. The zero-order valence-electron chi connectivity index (χ0n) is 20.1. The maximum Gasteiger partial charge on any atom is 0.0525 e. The molecule has 0 amide bonds. The fourth-order valence-corrected chi connectivity index (χ4v) is 15.1. The normalized spacial score (nSPS) is 22.8. The van der Waals surface area contributed by atoms with Gasteiger partial charge >= 0.3 is 0 Å². The minimum Gasteiger partial charge on any atom is -0.0695 e. The second kappa shape index (κ2) is 7.20. The van der Waals surface area contributed by atoms with Crippen LogP contribution < -0.4 is 0 Å². The zero-order valence-corrected chi connectivity index (χ0v) is 22.1. The Morgan fingerprint density at radius 3 is 1.43 bits per heavy atom. The molecule has 0 saturated carbocycles. The summed E-state index contributed by atoms with van der Waals surface area (Å²) in [6.07, 6.45) is 4.97. The van der Waals surface area contributed by atoms with Crippen molar-refractivity contribution in [3.05, 3.63) is 81.9 Å². The van der Waals surface area contributed by atoms with E-state index < -0.39 is 16.1 Å². The Morgan fingerprint density at radius 2 is 1.07 bits per heavy atom. The van der Waals surface area contributed by atoms with Crippen LogP contribution in [0.1, 0.15) is 47.9 Å². The van der Waals surface area contributed by atoms with E-state index in [1.54, 1.807) is 22.3 Å². The van der Waals surface area contributed by atoms with E-state index in [2.05, 4.69) is 114 Å². The molecule has 2 aliphatic carbocycles. The van der Waals surface area contributed by atoms with E-state index in [1.165, 1.54) is 17.2 Å². The van der Waals surface area contributed by atoms with E-state index in [-0.39, 0.29) is 5.04 Å². The lowest BCUT2D eigenvalue weighted by Crippen LogP contribution is -2.51. The Balaban J connectivity index is 2.05. The minimum absolute atomic E-state index is 0.276. The lowest BCUT2D eigenvalue weighted by atomic mass is 9.72. The van der Waals surface area contributed by atoms with Gasteiger partial charge < -0.3 is 0 Å². The molecule has 0 N–H and O–H groups in total. The van der Waals surface area contributed by atoms with Crippen molar-refractivity contribution >= 4 is 28.3 Å². The SMILES string of the molecule is CC1=Cc2ccccc2C1C(C[Si](C)(C)C)(C1C(C)=Cc2ccccc21)[Si](C)(C)C. The molecular weight excluding hydrogens is 392 g/mol. The molecule has 30 heavy (non-hydrogen) atoms. The van der Waals surface area contributed by atoms with Crippen LogP contribution in [-0.4, -0.2) is 16.1 Å². The molecule has 2 aromatic carbocycles. The van der Waals surface area contributed by atoms with Crippen LogP contribution in [0.15, 0.2) is 59.7 Å². The molecule has 0 bridgehead atoms. The molecule has 2 atom stereocenters. The zero-order chi connectivity index (χ0) is 21.9. The van der Waals surface area contributed by atoms with Gasteiger partial charge in [-0.1, -0.05) is 117 Å². The fraction of sp³-hybridized carbons (Fsp3) is 0.429. The van der Waals surface area contributed by atoms with Crippen molar-refractivity contribution in [1.82, 2.24) is 0 Å². The van der Waals surface area contributed by atoms with Crippen molar-refractivity contribution in [3.8, 4) is 0 Å².